The molecular formula is C23H31F6N3O2. The van der Waals surface area contributed by atoms with Gasteiger partial charge in [0.05, 0.1) is 17.7 Å². The van der Waals surface area contributed by atoms with Crippen LogP contribution in [0.15, 0.2) is 18.2 Å². The Labute approximate surface area is 195 Å². The van der Waals surface area contributed by atoms with E-state index in [-0.39, 0.29) is 43.1 Å². The molecule has 0 saturated heterocycles. The van der Waals surface area contributed by atoms with Crippen LogP contribution >= 0.6 is 0 Å². The van der Waals surface area contributed by atoms with Crippen molar-refractivity contribution in [2.45, 2.75) is 76.8 Å². The number of hydrogen-bond acceptors (Lipinski definition) is 3. The van der Waals surface area contributed by atoms with Gasteiger partial charge in [-0.15, -0.1) is 0 Å². The van der Waals surface area contributed by atoms with Crippen LogP contribution in [0.2, 0.25) is 0 Å². The first-order valence-electron chi connectivity index (χ1n) is 11.4. The van der Waals surface area contributed by atoms with E-state index < -0.39 is 35.0 Å². The zero-order chi connectivity index (χ0) is 25.5. The van der Waals surface area contributed by atoms with Crippen molar-refractivity contribution < 1.29 is 35.9 Å². The first-order valence-corrected chi connectivity index (χ1v) is 11.4. The Bertz CT molecular complexity index is 797. The fraction of sp³-hybridized carbons (Fsp3) is 0.652. The Morgan fingerprint density at radius 3 is 1.91 bits per heavy atom. The van der Waals surface area contributed by atoms with Gasteiger partial charge in [-0.1, -0.05) is 13.8 Å². The van der Waals surface area contributed by atoms with E-state index in [1.165, 1.54) is 0 Å². The minimum absolute atomic E-state index is 0.00399. The Hall–Kier alpha value is -2.30. The van der Waals surface area contributed by atoms with E-state index in [9.17, 15) is 35.9 Å². The maximum Gasteiger partial charge on any atom is 0.416 e. The molecule has 0 atom stereocenters. The van der Waals surface area contributed by atoms with Gasteiger partial charge < -0.3 is 16.0 Å². The third-order valence-corrected chi connectivity index (χ3v) is 6.15. The molecule has 0 heterocycles. The van der Waals surface area contributed by atoms with Crippen LogP contribution in [0.1, 0.15) is 73.9 Å². The number of halogens is 6. The van der Waals surface area contributed by atoms with Crippen LogP contribution in [0.4, 0.5) is 26.3 Å². The van der Waals surface area contributed by atoms with Gasteiger partial charge in [0, 0.05) is 24.2 Å². The molecule has 1 aromatic carbocycles. The van der Waals surface area contributed by atoms with Crippen LogP contribution in [0.25, 0.3) is 0 Å². The highest BCUT2D eigenvalue weighted by atomic mass is 19.4. The lowest BCUT2D eigenvalue weighted by atomic mass is 9.86. The summed E-state index contributed by atoms with van der Waals surface area (Å²) in [6.45, 7) is 4.37. The number of carbonyl (C=O) groups excluding carboxylic acids is 2. The van der Waals surface area contributed by atoms with Crippen LogP contribution < -0.4 is 16.0 Å². The molecule has 2 amide bonds. The first kappa shape index (κ1) is 27.9. The van der Waals surface area contributed by atoms with Crippen molar-refractivity contribution in [1.29, 1.82) is 0 Å². The lowest BCUT2D eigenvalue weighted by molar-refractivity contribution is -0.143. The second kappa shape index (κ2) is 11.9. The summed E-state index contributed by atoms with van der Waals surface area (Å²) in [6, 6.07) is 1.14. The molecule has 2 rings (SSSR count). The van der Waals surface area contributed by atoms with Gasteiger partial charge in [0.15, 0.2) is 0 Å². The average molecular weight is 496 g/mol. The van der Waals surface area contributed by atoms with Crippen LogP contribution in [0.5, 0.6) is 0 Å². The number of amides is 2. The largest absolute Gasteiger partial charge is 0.416 e. The van der Waals surface area contributed by atoms with Crippen LogP contribution in [0, 0.1) is 5.92 Å². The predicted molar refractivity (Wildman–Crippen MR) is 115 cm³/mol. The Morgan fingerprint density at radius 1 is 0.912 bits per heavy atom. The summed E-state index contributed by atoms with van der Waals surface area (Å²) < 4.78 is 78.0. The number of carbonyl (C=O) groups is 2. The van der Waals surface area contributed by atoms with Crippen molar-refractivity contribution in [1.82, 2.24) is 16.0 Å². The minimum atomic E-state index is -5.01. The van der Waals surface area contributed by atoms with E-state index in [0.717, 1.165) is 25.7 Å². The summed E-state index contributed by atoms with van der Waals surface area (Å²) in [4.78, 5) is 24.3. The minimum Gasteiger partial charge on any atom is -0.352 e. The highest BCUT2D eigenvalue weighted by molar-refractivity contribution is 5.94. The lowest BCUT2D eigenvalue weighted by Gasteiger charge is -2.29. The Morgan fingerprint density at radius 2 is 1.44 bits per heavy atom. The molecule has 1 saturated carbocycles. The Kier molecular flexibility index (Phi) is 9.78. The molecule has 0 aliphatic heterocycles. The van der Waals surface area contributed by atoms with Crippen molar-refractivity contribution in [3.8, 4) is 0 Å². The standard InChI is InChI=1S/C23H31F6N3O2/c1-3-18(4-2)32-20(33)13-30-19-7-5-14(6-8-19)12-31-21(34)15-9-16(22(24,25)26)11-17(10-15)23(27,28)29/h9-11,14,18-19,30H,3-8,12-13H2,1-2H3,(H,31,34)(H,32,33)/t14-,19-. The van der Waals surface area contributed by atoms with Gasteiger partial charge >= 0.3 is 12.4 Å². The zero-order valence-electron chi connectivity index (χ0n) is 19.2. The molecule has 192 valence electrons. The SMILES string of the molecule is CCC(CC)NC(=O)CN[C@H]1CC[C@H](CNC(=O)c2cc(C(F)(F)F)cc(C(F)(F)F)c2)CC1. The van der Waals surface area contributed by atoms with Crippen molar-refractivity contribution in [3.05, 3.63) is 34.9 Å². The summed E-state index contributed by atoms with van der Waals surface area (Å²) in [6.07, 6.45) is -5.38. The van der Waals surface area contributed by atoms with Gasteiger partial charge in [0.25, 0.3) is 5.91 Å². The zero-order valence-corrected chi connectivity index (χ0v) is 19.2. The third-order valence-electron chi connectivity index (χ3n) is 6.15. The van der Waals surface area contributed by atoms with E-state index in [0.29, 0.717) is 25.0 Å². The fourth-order valence-electron chi connectivity index (χ4n) is 4.00. The van der Waals surface area contributed by atoms with Gasteiger partial charge in [0.1, 0.15) is 0 Å². The molecule has 5 nitrogen and oxygen atoms in total. The number of rotatable bonds is 9. The third kappa shape index (κ3) is 8.48. The quantitative estimate of drug-likeness (QED) is 0.427. The summed E-state index contributed by atoms with van der Waals surface area (Å²) in [5.41, 5.74) is -3.72. The summed E-state index contributed by atoms with van der Waals surface area (Å²) in [7, 11) is 0. The van der Waals surface area contributed by atoms with E-state index in [1.54, 1.807) is 0 Å². The lowest BCUT2D eigenvalue weighted by Crippen LogP contribution is -2.44. The van der Waals surface area contributed by atoms with Gasteiger partial charge in [-0.3, -0.25) is 9.59 Å². The molecule has 1 fully saturated rings. The number of alkyl halides is 6. The number of nitrogens with one attached hydrogen (secondary N) is 3. The summed E-state index contributed by atoms with van der Waals surface area (Å²) in [5, 5.41) is 8.63. The molecule has 0 bridgehead atoms. The number of benzene rings is 1. The van der Waals surface area contributed by atoms with Crippen molar-refractivity contribution >= 4 is 11.8 Å². The molecule has 3 N–H and O–H groups in total. The normalized spacial score (nSPS) is 19.2. The van der Waals surface area contributed by atoms with Crippen molar-refractivity contribution in [2.75, 3.05) is 13.1 Å². The highest BCUT2D eigenvalue weighted by Gasteiger charge is 2.37. The number of hydrogen-bond donors (Lipinski definition) is 3. The van der Waals surface area contributed by atoms with Crippen molar-refractivity contribution in [3.63, 3.8) is 0 Å². The molecule has 1 aromatic rings. The fourth-order valence-corrected chi connectivity index (χ4v) is 4.00. The monoisotopic (exact) mass is 495 g/mol. The predicted octanol–water partition coefficient (Wildman–Crippen LogP) is 4.91. The van der Waals surface area contributed by atoms with Gasteiger partial charge in [-0.2, -0.15) is 26.3 Å². The Balaban J connectivity index is 1.85. The molecule has 0 spiro atoms. The molecule has 0 unspecified atom stereocenters. The van der Waals surface area contributed by atoms with Gasteiger partial charge in [0.2, 0.25) is 5.91 Å². The summed E-state index contributed by atoms with van der Waals surface area (Å²) in [5.74, 6) is -0.995. The average Bonchev–Trinajstić information content (AvgIpc) is 2.78. The summed E-state index contributed by atoms with van der Waals surface area (Å²) >= 11 is 0. The molecular weight excluding hydrogens is 464 g/mol. The second-order valence-electron chi connectivity index (χ2n) is 8.68. The topological polar surface area (TPSA) is 70.2 Å². The van der Waals surface area contributed by atoms with E-state index in [4.69, 9.17) is 0 Å². The molecule has 1 aliphatic rings. The van der Waals surface area contributed by atoms with Gasteiger partial charge in [-0.05, 0) is 62.6 Å². The molecule has 11 heteroatoms. The van der Waals surface area contributed by atoms with Crippen molar-refractivity contribution in [2.24, 2.45) is 5.92 Å². The van der Waals surface area contributed by atoms with Crippen LogP contribution in [0.3, 0.4) is 0 Å². The molecule has 1 aliphatic carbocycles. The molecule has 0 radical (unpaired) electrons. The first-order chi connectivity index (χ1) is 15.8. The molecule has 34 heavy (non-hydrogen) atoms. The maximum atomic E-state index is 13.0. The van der Waals surface area contributed by atoms with Crippen LogP contribution in [-0.2, 0) is 17.1 Å². The highest BCUT2D eigenvalue weighted by Crippen LogP contribution is 2.36. The van der Waals surface area contributed by atoms with Gasteiger partial charge in [-0.25, -0.2) is 0 Å². The maximum absolute atomic E-state index is 13.0. The van der Waals surface area contributed by atoms with E-state index in [2.05, 4.69) is 16.0 Å². The van der Waals surface area contributed by atoms with E-state index >= 15 is 0 Å². The smallest absolute Gasteiger partial charge is 0.352 e. The van der Waals surface area contributed by atoms with E-state index in [1.807, 2.05) is 13.8 Å². The molecule has 0 aromatic heterocycles. The van der Waals surface area contributed by atoms with Crippen LogP contribution in [-0.4, -0.2) is 37.0 Å². The second-order valence-corrected chi connectivity index (χ2v) is 8.68.